The van der Waals surface area contributed by atoms with Crippen LogP contribution in [0.25, 0.3) is 0 Å². The second kappa shape index (κ2) is 3.52. The van der Waals surface area contributed by atoms with E-state index < -0.39 is 5.82 Å². The summed E-state index contributed by atoms with van der Waals surface area (Å²) in [5.41, 5.74) is 0.523. The SMILES string of the molecule is C.Cc1ccnc(Cl)c1F. The largest absolute Gasteiger partial charge is 0.242 e. The van der Waals surface area contributed by atoms with Gasteiger partial charge in [0.05, 0.1) is 0 Å². The molecular weight excluding hydrogens is 153 g/mol. The lowest BCUT2D eigenvalue weighted by atomic mass is 10.3. The van der Waals surface area contributed by atoms with E-state index in [-0.39, 0.29) is 12.6 Å². The molecule has 56 valence electrons. The molecule has 10 heavy (non-hydrogen) atoms. The lowest BCUT2D eigenvalue weighted by Gasteiger charge is -1.93. The van der Waals surface area contributed by atoms with Gasteiger partial charge in [0.15, 0.2) is 11.0 Å². The van der Waals surface area contributed by atoms with Crippen LogP contribution in [0.5, 0.6) is 0 Å². The maximum Gasteiger partial charge on any atom is 0.164 e. The van der Waals surface area contributed by atoms with Crippen LogP contribution in [-0.4, -0.2) is 4.98 Å². The molecule has 0 aliphatic heterocycles. The minimum absolute atomic E-state index is 0. The fourth-order valence-electron chi connectivity index (χ4n) is 0.507. The number of halogens is 2. The molecule has 0 N–H and O–H groups in total. The summed E-state index contributed by atoms with van der Waals surface area (Å²) in [6.07, 6.45) is 1.47. The van der Waals surface area contributed by atoms with Crippen LogP contribution < -0.4 is 0 Å². The summed E-state index contributed by atoms with van der Waals surface area (Å²) in [7, 11) is 0. The van der Waals surface area contributed by atoms with E-state index in [1.54, 1.807) is 13.0 Å². The van der Waals surface area contributed by atoms with Gasteiger partial charge in [0.1, 0.15) is 0 Å². The Morgan fingerprint density at radius 3 is 2.60 bits per heavy atom. The molecule has 0 fully saturated rings. The van der Waals surface area contributed by atoms with Gasteiger partial charge >= 0.3 is 0 Å². The van der Waals surface area contributed by atoms with Crippen molar-refractivity contribution in [1.29, 1.82) is 0 Å². The van der Waals surface area contributed by atoms with Crippen molar-refractivity contribution in [2.45, 2.75) is 14.4 Å². The highest BCUT2D eigenvalue weighted by Gasteiger charge is 2.00. The first kappa shape index (κ1) is 9.37. The van der Waals surface area contributed by atoms with Gasteiger partial charge in [0, 0.05) is 6.20 Å². The first-order valence-corrected chi connectivity index (χ1v) is 2.86. The lowest BCUT2D eigenvalue weighted by molar-refractivity contribution is 0.612. The third kappa shape index (κ3) is 1.67. The smallest absolute Gasteiger partial charge is 0.164 e. The van der Waals surface area contributed by atoms with E-state index in [0.717, 1.165) is 0 Å². The van der Waals surface area contributed by atoms with E-state index >= 15 is 0 Å². The fraction of sp³-hybridized carbons (Fsp3) is 0.286. The number of nitrogens with zero attached hydrogens (tertiary/aromatic N) is 1. The van der Waals surface area contributed by atoms with E-state index in [0.29, 0.717) is 5.56 Å². The van der Waals surface area contributed by atoms with Crippen molar-refractivity contribution in [3.05, 3.63) is 28.8 Å². The van der Waals surface area contributed by atoms with Gasteiger partial charge in [-0.15, -0.1) is 0 Å². The van der Waals surface area contributed by atoms with Crippen molar-refractivity contribution in [2.75, 3.05) is 0 Å². The molecular formula is C7H9ClFN. The Morgan fingerprint density at radius 2 is 2.20 bits per heavy atom. The molecule has 0 atom stereocenters. The molecule has 0 spiro atoms. The highest BCUT2D eigenvalue weighted by molar-refractivity contribution is 6.29. The zero-order chi connectivity index (χ0) is 6.85. The zero-order valence-corrected chi connectivity index (χ0v) is 5.61. The Morgan fingerprint density at radius 1 is 1.60 bits per heavy atom. The van der Waals surface area contributed by atoms with Crippen molar-refractivity contribution in [1.82, 2.24) is 4.98 Å². The third-order valence-electron chi connectivity index (χ3n) is 1.04. The summed E-state index contributed by atoms with van der Waals surface area (Å²) in [5.74, 6) is -0.431. The van der Waals surface area contributed by atoms with Gasteiger partial charge in [-0.3, -0.25) is 0 Å². The normalized spacial score (nSPS) is 8.70. The zero-order valence-electron chi connectivity index (χ0n) is 4.86. The third-order valence-corrected chi connectivity index (χ3v) is 1.30. The van der Waals surface area contributed by atoms with Crippen molar-refractivity contribution >= 4 is 11.6 Å². The van der Waals surface area contributed by atoms with Gasteiger partial charge < -0.3 is 0 Å². The predicted molar refractivity (Wildman–Crippen MR) is 40.7 cm³/mol. The molecule has 0 saturated heterocycles. The van der Waals surface area contributed by atoms with Crippen LogP contribution in [0.4, 0.5) is 4.39 Å². The van der Waals surface area contributed by atoms with Crippen molar-refractivity contribution in [3.8, 4) is 0 Å². The molecule has 1 aromatic rings. The van der Waals surface area contributed by atoms with Crippen molar-refractivity contribution in [3.63, 3.8) is 0 Å². The number of hydrogen-bond donors (Lipinski definition) is 0. The van der Waals surface area contributed by atoms with Crippen LogP contribution in [0.2, 0.25) is 5.15 Å². The van der Waals surface area contributed by atoms with Gasteiger partial charge in [-0.2, -0.15) is 0 Å². The van der Waals surface area contributed by atoms with Gasteiger partial charge in [0.2, 0.25) is 0 Å². The van der Waals surface area contributed by atoms with Crippen LogP contribution in [0.1, 0.15) is 13.0 Å². The van der Waals surface area contributed by atoms with E-state index in [9.17, 15) is 4.39 Å². The molecule has 0 aromatic carbocycles. The summed E-state index contributed by atoms with van der Waals surface area (Å²) in [4.78, 5) is 3.53. The molecule has 1 heterocycles. The highest BCUT2D eigenvalue weighted by atomic mass is 35.5. The number of hydrogen-bond acceptors (Lipinski definition) is 1. The average Bonchev–Trinajstić information content (AvgIpc) is 1.83. The van der Waals surface area contributed by atoms with Gasteiger partial charge in [-0.05, 0) is 18.6 Å². The Bertz CT molecular complexity index is 205. The molecule has 1 nitrogen and oxygen atoms in total. The first-order chi connectivity index (χ1) is 4.22. The minimum atomic E-state index is -0.431. The topological polar surface area (TPSA) is 12.9 Å². The maximum atomic E-state index is 12.5. The minimum Gasteiger partial charge on any atom is -0.242 e. The molecule has 0 amide bonds. The van der Waals surface area contributed by atoms with E-state index in [2.05, 4.69) is 4.98 Å². The molecule has 1 aromatic heterocycles. The summed E-state index contributed by atoms with van der Waals surface area (Å²) in [6.45, 7) is 1.64. The Balaban J connectivity index is 0.000000810. The number of aryl methyl sites for hydroxylation is 1. The standard InChI is InChI=1S/C6H5ClFN.CH4/c1-4-2-3-9-6(7)5(4)8;/h2-3H,1H3;1H4. The van der Waals surface area contributed by atoms with Crippen molar-refractivity contribution in [2.24, 2.45) is 0 Å². The molecule has 0 unspecified atom stereocenters. The van der Waals surface area contributed by atoms with Gasteiger partial charge in [-0.25, -0.2) is 9.37 Å². The van der Waals surface area contributed by atoms with E-state index in [4.69, 9.17) is 11.6 Å². The maximum absolute atomic E-state index is 12.5. The highest BCUT2D eigenvalue weighted by Crippen LogP contribution is 2.12. The number of rotatable bonds is 0. The fourth-order valence-corrected chi connectivity index (χ4v) is 0.712. The summed E-state index contributed by atoms with van der Waals surface area (Å²) in [6, 6.07) is 1.57. The average molecular weight is 162 g/mol. The van der Waals surface area contributed by atoms with E-state index in [1.807, 2.05) is 0 Å². The van der Waals surface area contributed by atoms with Crippen LogP contribution in [0.3, 0.4) is 0 Å². The van der Waals surface area contributed by atoms with E-state index in [1.165, 1.54) is 6.20 Å². The molecule has 0 bridgehead atoms. The van der Waals surface area contributed by atoms with Crippen LogP contribution in [0, 0.1) is 12.7 Å². The number of pyridine rings is 1. The van der Waals surface area contributed by atoms with Crippen LogP contribution in [0.15, 0.2) is 12.3 Å². The molecule has 0 aliphatic rings. The lowest BCUT2D eigenvalue weighted by Crippen LogP contribution is -1.84. The molecule has 0 aliphatic carbocycles. The Kier molecular flexibility index (Phi) is 3.30. The molecule has 0 radical (unpaired) electrons. The molecule has 0 saturated carbocycles. The van der Waals surface area contributed by atoms with Gasteiger partial charge in [0.25, 0.3) is 0 Å². The number of aromatic nitrogens is 1. The summed E-state index contributed by atoms with van der Waals surface area (Å²) in [5, 5.41) is -0.0602. The summed E-state index contributed by atoms with van der Waals surface area (Å²) >= 11 is 5.33. The molecule has 1 rings (SSSR count). The Labute approximate surface area is 64.9 Å². The second-order valence-electron chi connectivity index (χ2n) is 1.73. The van der Waals surface area contributed by atoms with Crippen molar-refractivity contribution < 1.29 is 4.39 Å². The van der Waals surface area contributed by atoms with Gasteiger partial charge in [-0.1, -0.05) is 19.0 Å². The monoisotopic (exact) mass is 161 g/mol. The van der Waals surface area contributed by atoms with Crippen LogP contribution in [-0.2, 0) is 0 Å². The predicted octanol–water partition coefficient (Wildman–Crippen LogP) is 2.82. The van der Waals surface area contributed by atoms with Crippen LogP contribution >= 0.6 is 11.6 Å². The second-order valence-corrected chi connectivity index (χ2v) is 2.09. The molecule has 3 heteroatoms. The first-order valence-electron chi connectivity index (χ1n) is 2.48. The quantitative estimate of drug-likeness (QED) is 0.534. The Hall–Kier alpha value is -0.630. The summed E-state index contributed by atoms with van der Waals surface area (Å²) < 4.78 is 12.5.